The second-order valence-corrected chi connectivity index (χ2v) is 13.4. The number of amides is 3. The summed E-state index contributed by atoms with van der Waals surface area (Å²) in [5, 5.41) is 20.9. The third kappa shape index (κ3) is 8.92. The summed E-state index contributed by atoms with van der Waals surface area (Å²) in [7, 11) is 0. The zero-order valence-electron chi connectivity index (χ0n) is 28.0. The average Bonchev–Trinajstić information content (AvgIpc) is 3.06. The van der Waals surface area contributed by atoms with Crippen LogP contribution in [-0.4, -0.2) is 57.1 Å². The number of amidine groups is 1. The van der Waals surface area contributed by atoms with E-state index in [0.717, 1.165) is 51.1 Å². The summed E-state index contributed by atoms with van der Waals surface area (Å²) in [6, 6.07) is 19.0. The van der Waals surface area contributed by atoms with Crippen molar-refractivity contribution in [3.05, 3.63) is 83.4 Å². The second kappa shape index (κ2) is 14.9. The standard InChI is InChI=1S/C37H44N4O7/c1-24(42)41(45)34(38)27-13-17-30(18-14-27)47-32-21-28(35(43)40-19-7-9-26-8-5-6-10-33(26)40)20-31(22-32)46-29-15-11-25(12-16-29)23-39-36(44)48-37(2,3)4/h11-18,20-22,26,33,38,45H,5-10,19,23H2,1-4H3,(H,39,44). The van der Waals surface area contributed by atoms with Gasteiger partial charge in [-0.15, -0.1) is 0 Å². The molecule has 2 unspecified atom stereocenters. The Labute approximate surface area is 281 Å². The molecule has 2 atom stereocenters. The zero-order valence-corrected chi connectivity index (χ0v) is 28.0. The Morgan fingerprint density at radius 2 is 1.44 bits per heavy atom. The third-order valence-corrected chi connectivity index (χ3v) is 8.50. The van der Waals surface area contributed by atoms with Crippen LogP contribution in [0.25, 0.3) is 0 Å². The molecule has 2 aliphatic rings. The maximum absolute atomic E-state index is 14.1. The number of alkyl carbamates (subject to hydrolysis) is 1. The SMILES string of the molecule is CC(=O)N(O)C(=N)c1ccc(Oc2cc(Oc3ccc(CNC(=O)OC(C)(C)C)cc3)cc(C(=O)N3CCCC4CCCCC43)c2)cc1. The number of likely N-dealkylation sites (tertiary alicyclic amines) is 1. The smallest absolute Gasteiger partial charge is 0.407 e. The average molecular weight is 657 g/mol. The topological polar surface area (TPSA) is 141 Å². The molecule has 11 heteroatoms. The van der Waals surface area contributed by atoms with E-state index in [-0.39, 0.29) is 22.8 Å². The summed E-state index contributed by atoms with van der Waals surface area (Å²) < 4.78 is 17.7. The van der Waals surface area contributed by atoms with Gasteiger partial charge in [0.15, 0.2) is 5.84 Å². The number of hydroxylamine groups is 2. The fourth-order valence-electron chi connectivity index (χ4n) is 6.25. The highest BCUT2D eigenvalue weighted by atomic mass is 16.6. The monoisotopic (exact) mass is 656 g/mol. The summed E-state index contributed by atoms with van der Waals surface area (Å²) in [5.41, 5.74) is 1.06. The highest BCUT2D eigenvalue weighted by molar-refractivity contribution is 6.04. The molecule has 3 amide bonds. The first-order chi connectivity index (χ1) is 22.9. The molecule has 0 bridgehead atoms. The van der Waals surface area contributed by atoms with E-state index in [0.29, 0.717) is 46.6 Å². The van der Waals surface area contributed by atoms with Crippen LogP contribution in [0.4, 0.5) is 4.79 Å². The predicted octanol–water partition coefficient (Wildman–Crippen LogP) is 7.65. The molecule has 11 nitrogen and oxygen atoms in total. The lowest BCUT2D eigenvalue weighted by atomic mass is 9.78. The minimum absolute atomic E-state index is 0.0541. The van der Waals surface area contributed by atoms with Crippen molar-refractivity contribution in [1.82, 2.24) is 15.3 Å². The van der Waals surface area contributed by atoms with Gasteiger partial charge in [-0.1, -0.05) is 25.0 Å². The molecule has 0 aromatic heterocycles. The number of nitrogens with one attached hydrogen (secondary N) is 2. The Morgan fingerprint density at radius 1 is 0.854 bits per heavy atom. The van der Waals surface area contributed by atoms with Crippen molar-refractivity contribution in [3.63, 3.8) is 0 Å². The van der Waals surface area contributed by atoms with Crippen molar-refractivity contribution in [1.29, 1.82) is 5.41 Å². The number of carbonyl (C=O) groups is 3. The van der Waals surface area contributed by atoms with Crippen molar-refractivity contribution in [2.75, 3.05) is 6.54 Å². The molecule has 2 fully saturated rings. The van der Waals surface area contributed by atoms with Crippen LogP contribution in [-0.2, 0) is 16.1 Å². The molecule has 1 aliphatic heterocycles. The number of hydrogen-bond acceptors (Lipinski definition) is 8. The van der Waals surface area contributed by atoms with E-state index in [2.05, 4.69) is 5.32 Å². The molecule has 3 aromatic carbocycles. The fraction of sp³-hybridized carbons (Fsp3) is 0.405. The molecule has 5 rings (SSSR count). The van der Waals surface area contributed by atoms with Gasteiger partial charge in [-0.05, 0) is 106 Å². The van der Waals surface area contributed by atoms with Gasteiger partial charge in [0, 0.05) is 43.2 Å². The number of rotatable bonds is 8. The summed E-state index contributed by atoms with van der Waals surface area (Å²) in [6.07, 6.45) is 6.15. The predicted molar refractivity (Wildman–Crippen MR) is 180 cm³/mol. The van der Waals surface area contributed by atoms with Crippen molar-refractivity contribution in [3.8, 4) is 23.0 Å². The number of carbonyl (C=O) groups excluding carboxylic acids is 3. The van der Waals surface area contributed by atoms with Gasteiger partial charge in [-0.2, -0.15) is 5.06 Å². The molecule has 254 valence electrons. The summed E-state index contributed by atoms with van der Waals surface area (Å²) in [4.78, 5) is 39.6. The largest absolute Gasteiger partial charge is 0.457 e. The van der Waals surface area contributed by atoms with Crippen molar-refractivity contribution in [2.24, 2.45) is 5.92 Å². The fourth-order valence-corrected chi connectivity index (χ4v) is 6.25. The zero-order chi connectivity index (χ0) is 34.4. The molecule has 1 heterocycles. The van der Waals surface area contributed by atoms with Crippen LogP contribution in [0.2, 0.25) is 0 Å². The Bertz CT molecular complexity index is 1630. The van der Waals surface area contributed by atoms with Crippen molar-refractivity contribution >= 4 is 23.7 Å². The number of ether oxygens (including phenoxy) is 3. The second-order valence-electron chi connectivity index (χ2n) is 13.4. The van der Waals surface area contributed by atoms with Gasteiger partial charge < -0.3 is 24.4 Å². The highest BCUT2D eigenvalue weighted by Crippen LogP contribution is 2.37. The van der Waals surface area contributed by atoms with Crippen LogP contribution in [0.1, 0.15) is 87.7 Å². The van der Waals surface area contributed by atoms with Crippen molar-refractivity contribution < 1.29 is 33.8 Å². The van der Waals surface area contributed by atoms with E-state index in [1.165, 1.54) is 6.42 Å². The Balaban J connectivity index is 1.36. The highest BCUT2D eigenvalue weighted by Gasteiger charge is 2.36. The maximum atomic E-state index is 14.1. The minimum Gasteiger partial charge on any atom is -0.457 e. The van der Waals surface area contributed by atoms with Crippen LogP contribution in [0.3, 0.4) is 0 Å². The lowest BCUT2D eigenvalue weighted by Gasteiger charge is -2.44. The van der Waals surface area contributed by atoms with Crippen LogP contribution in [0.5, 0.6) is 23.0 Å². The first-order valence-corrected chi connectivity index (χ1v) is 16.4. The van der Waals surface area contributed by atoms with Gasteiger partial charge in [0.25, 0.3) is 5.91 Å². The number of piperidine rings is 1. The Morgan fingerprint density at radius 3 is 2.04 bits per heavy atom. The first-order valence-electron chi connectivity index (χ1n) is 16.4. The summed E-state index contributed by atoms with van der Waals surface area (Å²) in [6.45, 7) is 7.60. The minimum atomic E-state index is -0.672. The van der Waals surface area contributed by atoms with Crippen LogP contribution < -0.4 is 14.8 Å². The van der Waals surface area contributed by atoms with Crippen LogP contribution in [0.15, 0.2) is 66.7 Å². The van der Waals surface area contributed by atoms with E-state index in [1.807, 2.05) is 37.8 Å². The molecule has 3 N–H and O–H groups in total. The van der Waals surface area contributed by atoms with E-state index in [4.69, 9.17) is 19.6 Å². The first kappa shape index (κ1) is 34.4. The van der Waals surface area contributed by atoms with E-state index < -0.39 is 17.6 Å². The van der Waals surface area contributed by atoms with Gasteiger partial charge in [0.2, 0.25) is 5.91 Å². The molecule has 1 saturated heterocycles. The molecule has 3 aromatic rings. The number of nitrogens with zero attached hydrogens (tertiary/aromatic N) is 2. The Hall–Kier alpha value is -4.90. The molecular formula is C37H44N4O7. The number of hydrogen-bond donors (Lipinski definition) is 3. The molecule has 1 aliphatic carbocycles. The van der Waals surface area contributed by atoms with Gasteiger partial charge >= 0.3 is 6.09 Å². The van der Waals surface area contributed by atoms with E-state index >= 15 is 0 Å². The van der Waals surface area contributed by atoms with Gasteiger partial charge in [0.05, 0.1) is 0 Å². The Kier molecular flexibility index (Phi) is 10.7. The van der Waals surface area contributed by atoms with Gasteiger partial charge in [-0.25, -0.2) is 4.79 Å². The summed E-state index contributed by atoms with van der Waals surface area (Å²) in [5.74, 6) is 1.23. The number of benzene rings is 3. The van der Waals surface area contributed by atoms with Gasteiger partial charge in [0.1, 0.15) is 28.6 Å². The normalized spacial score (nSPS) is 17.5. The lowest BCUT2D eigenvalue weighted by Crippen LogP contribution is -2.49. The molecule has 0 radical (unpaired) electrons. The molecule has 48 heavy (non-hydrogen) atoms. The van der Waals surface area contributed by atoms with Crippen LogP contribution >= 0.6 is 0 Å². The van der Waals surface area contributed by atoms with Gasteiger partial charge in [-0.3, -0.25) is 20.2 Å². The summed E-state index contributed by atoms with van der Waals surface area (Å²) >= 11 is 0. The number of fused-ring (bicyclic) bond motifs is 1. The lowest BCUT2D eigenvalue weighted by molar-refractivity contribution is -0.146. The third-order valence-electron chi connectivity index (χ3n) is 8.50. The molecular weight excluding hydrogens is 612 g/mol. The molecule has 0 spiro atoms. The van der Waals surface area contributed by atoms with E-state index in [1.54, 1.807) is 54.6 Å². The van der Waals surface area contributed by atoms with E-state index in [9.17, 15) is 19.6 Å². The van der Waals surface area contributed by atoms with Crippen LogP contribution in [0, 0.1) is 11.3 Å². The maximum Gasteiger partial charge on any atom is 0.407 e. The molecule has 1 saturated carbocycles. The van der Waals surface area contributed by atoms with Crippen molar-refractivity contribution in [2.45, 2.75) is 84.4 Å². The quantitative estimate of drug-likeness (QED) is 0.0979.